The van der Waals surface area contributed by atoms with E-state index in [0.717, 1.165) is 10.7 Å². The number of halogens is 1. The van der Waals surface area contributed by atoms with Crippen molar-refractivity contribution >= 4 is 23.0 Å². The van der Waals surface area contributed by atoms with Crippen molar-refractivity contribution < 1.29 is 0 Å². The van der Waals surface area contributed by atoms with Crippen molar-refractivity contribution in [3.05, 3.63) is 23.2 Å². The van der Waals surface area contributed by atoms with Gasteiger partial charge in [-0.2, -0.15) is 0 Å². The van der Waals surface area contributed by atoms with Gasteiger partial charge in [-0.25, -0.2) is 0 Å². The van der Waals surface area contributed by atoms with Crippen LogP contribution in [0.5, 0.6) is 0 Å². The molecule has 1 N–H and O–H groups in total. The molecule has 0 aromatic heterocycles. The van der Waals surface area contributed by atoms with Crippen molar-refractivity contribution in [3.63, 3.8) is 0 Å². The number of hydrogen-bond acceptors (Lipinski definition) is 2. The van der Waals surface area contributed by atoms with E-state index in [1.165, 1.54) is 31.4 Å². The Hall–Kier alpha value is -0.890. The third-order valence-electron chi connectivity index (χ3n) is 4.14. The highest BCUT2D eigenvalue weighted by Crippen LogP contribution is 2.37. The van der Waals surface area contributed by atoms with E-state index in [1.807, 2.05) is 12.1 Å². The lowest BCUT2D eigenvalue weighted by molar-refractivity contribution is 0.232. The highest BCUT2D eigenvalue weighted by molar-refractivity contribution is 6.31. The Morgan fingerprint density at radius 3 is 2.42 bits per heavy atom. The number of benzene rings is 1. The molecule has 0 heterocycles. The zero-order valence-corrected chi connectivity index (χ0v) is 13.2. The normalized spacial score (nSPS) is 19.2. The SMILES string of the molecule is CN(C)c1ccc(Cl)cc1NC1CCC(C)(C)CC1. The molecule has 0 radical (unpaired) electrons. The van der Waals surface area contributed by atoms with Crippen LogP contribution in [-0.4, -0.2) is 20.1 Å². The molecule has 1 saturated carbocycles. The Bertz CT molecular complexity index is 430. The lowest BCUT2D eigenvalue weighted by atomic mass is 9.75. The molecule has 1 aromatic carbocycles. The molecule has 0 bridgehead atoms. The van der Waals surface area contributed by atoms with E-state index < -0.39 is 0 Å². The van der Waals surface area contributed by atoms with Crippen LogP contribution in [0.1, 0.15) is 39.5 Å². The summed E-state index contributed by atoms with van der Waals surface area (Å²) in [6.45, 7) is 4.74. The van der Waals surface area contributed by atoms with E-state index in [9.17, 15) is 0 Å². The van der Waals surface area contributed by atoms with Crippen molar-refractivity contribution in [3.8, 4) is 0 Å². The zero-order chi connectivity index (χ0) is 14.0. The molecule has 0 unspecified atom stereocenters. The highest BCUT2D eigenvalue weighted by atomic mass is 35.5. The molecular formula is C16H25ClN2. The van der Waals surface area contributed by atoms with Crippen LogP contribution < -0.4 is 10.2 Å². The summed E-state index contributed by atoms with van der Waals surface area (Å²) in [7, 11) is 4.14. The Kier molecular flexibility index (Phi) is 4.29. The van der Waals surface area contributed by atoms with Gasteiger partial charge in [-0.05, 0) is 49.3 Å². The smallest absolute Gasteiger partial charge is 0.0597 e. The van der Waals surface area contributed by atoms with Gasteiger partial charge < -0.3 is 10.2 Å². The van der Waals surface area contributed by atoms with Gasteiger partial charge >= 0.3 is 0 Å². The fraction of sp³-hybridized carbons (Fsp3) is 0.625. The highest BCUT2D eigenvalue weighted by Gasteiger charge is 2.27. The molecule has 1 fully saturated rings. The maximum atomic E-state index is 6.13. The first kappa shape index (κ1) is 14.5. The average Bonchev–Trinajstić information content (AvgIpc) is 2.31. The van der Waals surface area contributed by atoms with E-state index in [2.05, 4.69) is 44.2 Å². The molecule has 19 heavy (non-hydrogen) atoms. The lowest BCUT2D eigenvalue weighted by Gasteiger charge is -2.35. The summed E-state index contributed by atoms with van der Waals surface area (Å²) >= 11 is 6.13. The van der Waals surface area contributed by atoms with E-state index in [4.69, 9.17) is 11.6 Å². The first-order chi connectivity index (χ1) is 8.87. The summed E-state index contributed by atoms with van der Waals surface area (Å²) in [5.74, 6) is 0. The molecule has 106 valence electrons. The maximum absolute atomic E-state index is 6.13. The van der Waals surface area contributed by atoms with Gasteiger partial charge in [0.2, 0.25) is 0 Å². The van der Waals surface area contributed by atoms with Gasteiger partial charge in [0.15, 0.2) is 0 Å². The van der Waals surface area contributed by atoms with Gasteiger partial charge in [-0.15, -0.1) is 0 Å². The molecule has 0 atom stereocenters. The zero-order valence-electron chi connectivity index (χ0n) is 12.5. The molecule has 2 nitrogen and oxygen atoms in total. The van der Waals surface area contributed by atoms with Gasteiger partial charge in [-0.1, -0.05) is 25.4 Å². The monoisotopic (exact) mass is 280 g/mol. The Balaban J connectivity index is 2.09. The summed E-state index contributed by atoms with van der Waals surface area (Å²) in [5, 5.41) is 4.48. The van der Waals surface area contributed by atoms with Crippen LogP contribution in [0.25, 0.3) is 0 Å². The van der Waals surface area contributed by atoms with Crippen molar-refractivity contribution in [1.29, 1.82) is 0 Å². The number of rotatable bonds is 3. The van der Waals surface area contributed by atoms with E-state index >= 15 is 0 Å². The first-order valence-electron chi connectivity index (χ1n) is 7.11. The largest absolute Gasteiger partial charge is 0.381 e. The van der Waals surface area contributed by atoms with Crippen molar-refractivity contribution in [2.45, 2.75) is 45.6 Å². The summed E-state index contributed by atoms with van der Waals surface area (Å²) in [5.41, 5.74) is 2.87. The summed E-state index contributed by atoms with van der Waals surface area (Å²) < 4.78 is 0. The topological polar surface area (TPSA) is 15.3 Å². The second-order valence-electron chi connectivity index (χ2n) is 6.64. The van der Waals surface area contributed by atoms with Crippen LogP contribution >= 0.6 is 11.6 Å². The standard InChI is InChI=1S/C16H25ClN2/c1-16(2)9-7-13(8-10-16)18-14-11-12(17)5-6-15(14)19(3)4/h5-6,11,13,18H,7-10H2,1-4H3. The molecule has 0 aliphatic heterocycles. The molecule has 2 rings (SSSR count). The Labute approximate surface area is 122 Å². The van der Waals surface area contributed by atoms with Crippen LogP contribution in [-0.2, 0) is 0 Å². The van der Waals surface area contributed by atoms with Crippen LogP contribution in [0.3, 0.4) is 0 Å². The van der Waals surface area contributed by atoms with Gasteiger partial charge in [0.1, 0.15) is 0 Å². The average molecular weight is 281 g/mol. The summed E-state index contributed by atoms with van der Waals surface area (Å²) in [6.07, 6.45) is 5.07. The predicted molar refractivity (Wildman–Crippen MR) is 85.4 cm³/mol. The lowest BCUT2D eigenvalue weighted by Crippen LogP contribution is -2.30. The van der Waals surface area contributed by atoms with Crippen molar-refractivity contribution in [2.24, 2.45) is 5.41 Å². The molecule has 0 amide bonds. The maximum Gasteiger partial charge on any atom is 0.0597 e. The second kappa shape index (κ2) is 5.62. The molecule has 3 heteroatoms. The molecule has 1 aliphatic carbocycles. The number of hydrogen-bond donors (Lipinski definition) is 1. The second-order valence-corrected chi connectivity index (χ2v) is 7.08. The fourth-order valence-corrected chi connectivity index (χ4v) is 2.95. The molecular weight excluding hydrogens is 256 g/mol. The van der Waals surface area contributed by atoms with E-state index in [-0.39, 0.29) is 0 Å². The number of nitrogens with zero attached hydrogens (tertiary/aromatic N) is 1. The van der Waals surface area contributed by atoms with Crippen LogP contribution in [0, 0.1) is 5.41 Å². The third-order valence-corrected chi connectivity index (χ3v) is 4.37. The molecule has 1 aliphatic rings. The van der Waals surface area contributed by atoms with Crippen LogP contribution in [0.4, 0.5) is 11.4 Å². The van der Waals surface area contributed by atoms with E-state index in [0.29, 0.717) is 11.5 Å². The van der Waals surface area contributed by atoms with Gasteiger partial charge in [0.05, 0.1) is 11.4 Å². The minimum atomic E-state index is 0.511. The molecule has 0 saturated heterocycles. The number of anilines is 2. The van der Waals surface area contributed by atoms with Gasteiger partial charge in [-0.3, -0.25) is 0 Å². The van der Waals surface area contributed by atoms with Crippen molar-refractivity contribution in [1.82, 2.24) is 0 Å². The first-order valence-corrected chi connectivity index (χ1v) is 7.49. The minimum absolute atomic E-state index is 0.511. The van der Waals surface area contributed by atoms with Crippen molar-refractivity contribution in [2.75, 3.05) is 24.3 Å². The molecule has 0 spiro atoms. The van der Waals surface area contributed by atoms with Crippen LogP contribution in [0.2, 0.25) is 5.02 Å². The van der Waals surface area contributed by atoms with Crippen LogP contribution in [0.15, 0.2) is 18.2 Å². The minimum Gasteiger partial charge on any atom is -0.381 e. The number of nitrogens with one attached hydrogen (secondary N) is 1. The summed E-state index contributed by atoms with van der Waals surface area (Å²) in [4.78, 5) is 2.13. The molecule has 1 aromatic rings. The predicted octanol–water partition coefficient (Wildman–Crippen LogP) is 4.79. The summed E-state index contributed by atoms with van der Waals surface area (Å²) in [6, 6.07) is 6.64. The fourth-order valence-electron chi connectivity index (χ4n) is 2.78. The third kappa shape index (κ3) is 3.79. The Morgan fingerprint density at radius 1 is 1.21 bits per heavy atom. The Morgan fingerprint density at radius 2 is 1.84 bits per heavy atom. The van der Waals surface area contributed by atoms with Gasteiger partial charge in [0.25, 0.3) is 0 Å². The van der Waals surface area contributed by atoms with E-state index in [1.54, 1.807) is 0 Å². The van der Waals surface area contributed by atoms with Gasteiger partial charge in [0, 0.05) is 25.2 Å². The quantitative estimate of drug-likeness (QED) is 0.857.